The van der Waals surface area contributed by atoms with Crippen molar-refractivity contribution in [1.29, 1.82) is 0 Å². The standard InChI is InChI=1S/C17H26N2O5S/c1-11(2)25(21,22)18-8-7-12(3)9-16(20)19-14-5-6-15-17(13(14)4)24-10-23-15/h5-6,11-12,18H,7-10H2,1-4H3,(H,19,20). The number of fused-ring (bicyclic) bond motifs is 1. The number of rotatable bonds is 8. The fourth-order valence-electron chi connectivity index (χ4n) is 2.48. The number of sulfonamides is 1. The molecule has 0 saturated heterocycles. The summed E-state index contributed by atoms with van der Waals surface area (Å²) >= 11 is 0. The van der Waals surface area contributed by atoms with Gasteiger partial charge >= 0.3 is 0 Å². The van der Waals surface area contributed by atoms with Crippen LogP contribution in [-0.4, -0.2) is 32.9 Å². The zero-order valence-electron chi connectivity index (χ0n) is 15.1. The Morgan fingerprint density at radius 1 is 1.24 bits per heavy atom. The van der Waals surface area contributed by atoms with Crippen molar-refractivity contribution in [3.63, 3.8) is 0 Å². The molecule has 25 heavy (non-hydrogen) atoms. The van der Waals surface area contributed by atoms with Crippen LogP contribution in [-0.2, 0) is 14.8 Å². The third-order valence-corrected chi connectivity index (χ3v) is 6.00. The second-order valence-electron chi connectivity index (χ2n) is 6.61. The molecule has 0 bridgehead atoms. The van der Waals surface area contributed by atoms with Gasteiger partial charge in [-0.2, -0.15) is 0 Å². The van der Waals surface area contributed by atoms with Crippen LogP contribution in [0.2, 0.25) is 0 Å². The lowest BCUT2D eigenvalue weighted by Crippen LogP contribution is -2.32. The lowest BCUT2D eigenvalue weighted by molar-refractivity contribution is -0.117. The van der Waals surface area contributed by atoms with Crippen LogP contribution < -0.4 is 19.5 Å². The van der Waals surface area contributed by atoms with E-state index in [-0.39, 0.29) is 18.6 Å². The zero-order valence-corrected chi connectivity index (χ0v) is 15.9. The van der Waals surface area contributed by atoms with E-state index < -0.39 is 15.3 Å². The third kappa shape index (κ3) is 5.09. The number of anilines is 1. The van der Waals surface area contributed by atoms with Crippen LogP contribution in [0, 0.1) is 12.8 Å². The van der Waals surface area contributed by atoms with Crippen molar-refractivity contribution in [1.82, 2.24) is 4.72 Å². The van der Waals surface area contributed by atoms with Crippen molar-refractivity contribution >= 4 is 21.6 Å². The summed E-state index contributed by atoms with van der Waals surface area (Å²) in [5, 5.41) is 2.42. The summed E-state index contributed by atoms with van der Waals surface area (Å²) in [6, 6.07) is 3.57. The predicted octanol–water partition coefficient (Wildman–Crippen LogP) is 2.41. The minimum absolute atomic E-state index is 0.0594. The molecule has 7 nitrogen and oxygen atoms in total. The maximum atomic E-state index is 12.2. The summed E-state index contributed by atoms with van der Waals surface area (Å²) in [5.74, 6) is 1.29. The molecule has 1 aromatic rings. The number of hydrogen-bond acceptors (Lipinski definition) is 5. The van der Waals surface area contributed by atoms with Gasteiger partial charge in [0, 0.05) is 24.2 Å². The van der Waals surface area contributed by atoms with E-state index in [0.29, 0.717) is 36.6 Å². The predicted molar refractivity (Wildman–Crippen MR) is 96.4 cm³/mol. The van der Waals surface area contributed by atoms with Gasteiger partial charge in [-0.05, 0) is 45.2 Å². The summed E-state index contributed by atoms with van der Waals surface area (Å²) in [5.41, 5.74) is 1.53. The van der Waals surface area contributed by atoms with Gasteiger partial charge in [-0.3, -0.25) is 4.79 Å². The maximum Gasteiger partial charge on any atom is 0.231 e. The molecule has 1 aromatic carbocycles. The average molecular weight is 370 g/mol. The Bertz CT molecular complexity index is 731. The summed E-state index contributed by atoms with van der Waals surface area (Å²) < 4.78 is 36.6. The molecular formula is C17H26N2O5S. The van der Waals surface area contributed by atoms with E-state index in [9.17, 15) is 13.2 Å². The van der Waals surface area contributed by atoms with Crippen molar-refractivity contribution in [3.8, 4) is 11.5 Å². The largest absolute Gasteiger partial charge is 0.454 e. The van der Waals surface area contributed by atoms with Gasteiger partial charge in [0.2, 0.25) is 22.7 Å². The highest BCUT2D eigenvalue weighted by Crippen LogP contribution is 2.39. The molecule has 1 amide bonds. The van der Waals surface area contributed by atoms with Gasteiger partial charge in [-0.15, -0.1) is 0 Å². The van der Waals surface area contributed by atoms with Gasteiger partial charge in [0.15, 0.2) is 11.5 Å². The van der Waals surface area contributed by atoms with E-state index >= 15 is 0 Å². The molecule has 2 N–H and O–H groups in total. The van der Waals surface area contributed by atoms with E-state index in [4.69, 9.17) is 9.47 Å². The normalized spacial score (nSPS) is 14.6. The van der Waals surface area contributed by atoms with Gasteiger partial charge in [0.05, 0.1) is 5.25 Å². The van der Waals surface area contributed by atoms with Crippen molar-refractivity contribution < 1.29 is 22.7 Å². The molecule has 0 fully saturated rings. The molecule has 0 aliphatic carbocycles. The molecule has 0 radical (unpaired) electrons. The number of amides is 1. The molecule has 0 saturated carbocycles. The van der Waals surface area contributed by atoms with Gasteiger partial charge in [0.1, 0.15) is 0 Å². The molecule has 0 aromatic heterocycles. The lowest BCUT2D eigenvalue weighted by Gasteiger charge is -2.15. The van der Waals surface area contributed by atoms with Crippen LogP contribution >= 0.6 is 0 Å². The molecule has 1 aliphatic heterocycles. The quantitative estimate of drug-likeness (QED) is 0.733. The topological polar surface area (TPSA) is 93.7 Å². The lowest BCUT2D eigenvalue weighted by atomic mass is 10.0. The number of carbonyl (C=O) groups is 1. The van der Waals surface area contributed by atoms with Crippen LogP contribution in [0.1, 0.15) is 39.2 Å². The number of benzene rings is 1. The van der Waals surface area contributed by atoms with Gasteiger partial charge in [-0.1, -0.05) is 6.92 Å². The minimum atomic E-state index is -3.26. The molecule has 1 unspecified atom stereocenters. The number of ether oxygens (including phenoxy) is 2. The van der Waals surface area contributed by atoms with Crippen molar-refractivity contribution in [3.05, 3.63) is 17.7 Å². The van der Waals surface area contributed by atoms with E-state index in [1.54, 1.807) is 26.0 Å². The summed E-state index contributed by atoms with van der Waals surface area (Å²) in [7, 11) is -3.26. The highest BCUT2D eigenvalue weighted by atomic mass is 32.2. The Morgan fingerprint density at radius 3 is 2.64 bits per heavy atom. The van der Waals surface area contributed by atoms with Gasteiger partial charge < -0.3 is 14.8 Å². The fourth-order valence-corrected chi connectivity index (χ4v) is 3.22. The summed E-state index contributed by atoms with van der Waals surface area (Å²) in [6.45, 7) is 7.58. The maximum absolute atomic E-state index is 12.2. The number of carbonyl (C=O) groups excluding carboxylic acids is 1. The van der Waals surface area contributed by atoms with E-state index in [0.717, 1.165) is 5.56 Å². The van der Waals surface area contributed by atoms with Crippen LogP contribution in [0.4, 0.5) is 5.69 Å². The Kier molecular flexibility index (Phi) is 6.29. The Labute approximate surface area is 149 Å². The van der Waals surface area contributed by atoms with Crippen LogP contribution in [0.15, 0.2) is 12.1 Å². The molecule has 1 atom stereocenters. The van der Waals surface area contributed by atoms with Crippen molar-refractivity contribution in [2.24, 2.45) is 5.92 Å². The molecular weight excluding hydrogens is 344 g/mol. The first-order valence-electron chi connectivity index (χ1n) is 8.38. The van der Waals surface area contributed by atoms with Crippen LogP contribution in [0.5, 0.6) is 11.5 Å². The minimum Gasteiger partial charge on any atom is -0.454 e. The second-order valence-corrected chi connectivity index (χ2v) is 8.93. The van der Waals surface area contributed by atoms with Crippen molar-refractivity contribution in [2.45, 2.75) is 45.8 Å². The van der Waals surface area contributed by atoms with E-state index in [2.05, 4.69) is 10.0 Å². The van der Waals surface area contributed by atoms with Crippen LogP contribution in [0.3, 0.4) is 0 Å². The zero-order chi connectivity index (χ0) is 18.6. The smallest absolute Gasteiger partial charge is 0.231 e. The molecule has 2 rings (SSSR count). The first kappa shape index (κ1) is 19.5. The van der Waals surface area contributed by atoms with E-state index in [1.165, 1.54) is 0 Å². The summed E-state index contributed by atoms with van der Waals surface area (Å²) in [6.07, 6.45) is 0.913. The summed E-state index contributed by atoms with van der Waals surface area (Å²) in [4.78, 5) is 12.2. The Balaban J connectivity index is 1.82. The highest BCUT2D eigenvalue weighted by Gasteiger charge is 2.20. The molecule has 1 aliphatic rings. The number of hydrogen-bond donors (Lipinski definition) is 2. The van der Waals surface area contributed by atoms with E-state index in [1.807, 2.05) is 13.8 Å². The molecule has 8 heteroatoms. The monoisotopic (exact) mass is 370 g/mol. The fraction of sp³-hybridized carbons (Fsp3) is 0.588. The second kappa shape index (κ2) is 8.05. The average Bonchev–Trinajstić information content (AvgIpc) is 2.99. The highest BCUT2D eigenvalue weighted by molar-refractivity contribution is 7.90. The Morgan fingerprint density at radius 2 is 1.96 bits per heavy atom. The van der Waals surface area contributed by atoms with Gasteiger partial charge in [-0.25, -0.2) is 13.1 Å². The first-order chi connectivity index (χ1) is 11.7. The van der Waals surface area contributed by atoms with Crippen LogP contribution in [0.25, 0.3) is 0 Å². The molecule has 0 spiro atoms. The first-order valence-corrected chi connectivity index (χ1v) is 9.93. The van der Waals surface area contributed by atoms with Gasteiger partial charge in [0.25, 0.3) is 0 Å². The van der Waals surface area contributed by atoms with Crippen molar-refractivity contribution in [2.75, 3.05) is 18.7 Å². The molecule has 140 valence electrons. The Hall–Kier alpha value is -1.80. The SMILES string of the molecule is Cc1c(NC(=O)CC(C)CCNS(=O)(=O)C(C)C)ccc2c1OCO2. The third-order valence-electron chi connectivity index (χ3n) is 4.16. The molecule has 1 heterocycles. The number of nitrogens with one attached hydrogen (secondary N) is 2.